The third-order valence-electron chi connectivity index (χ3n) is 3.83. The zero-order valence-corrected chi connectivity index (χ0v) is 16.5. The summed E-state index contributed by atoms with van der Waals surface area (Å²) in [5.41, 5.74) is 0.664. The first-order valence-corrected chi connectivity index (χ1v) is 9.12. The van der Waals surface area contributed by atoms with Gasteiger partial charge in [0.2, 0.25) is 0 Å². The molecule has 0 saturated carbocycles. The minimum atomic E-state index is -1.04. The summed E-state index contributed by atoms with van der Waals surface area (Å²) in [6.07, 6.45) is -1.04. The van der Waals surface area contributed by atoms with Crippen LogP contribution in [-0.2, 0) is 19.0 Å². The van der Waals surface area contributed by atoms with E-state index in [9.17, 15) is 14.9 Å². The number of thioether (sulfide) groups is 1. The maximum Gasteiger partial charge on any atom is 0.336 e. The molecule has 0 unspecified atom stereocenters. The lowest BCUT2D eigenvalue weighted by Gasteiger charge is -2.25. The second-order valence-corrected chi connectivity index (χ2v) is 6.74. The number of esters is 1. The zero-order valence-electron chi connectivity index (χ0n) is 15.7. The molecule has 28 heavy (non-hydrogen) atoms. The number of benzene rings is 2. The number of methoxy groups -OCH3 is 3. The number of nitrogens with zero attached hydrogens (tertiary/aromatic N) is 1. The molecule has 0 N–H and O–H groups in total. The van der Waals surface area contributed by atoms with E-state index in [1.54, 1.807) is 49.6 Å². The summed E-state index contributed by atoms with van der Waals surface area (Å²) in [7, 11) is 4.24. The molecule has 0 radical (unpaired) electrons. The van der Waals surface area contributed by atoms with Crippen molar-refractivity contribution in [2.24, 2.45) is 0 Å². The van der Waals surface area contributed by atoms with Gasteiger partial charge in [-0.2, -0.15) is 0 Å². The highest BCUT2D eigenvalue weighted by Gasteiger charge is 2.34. The molecule has 0 spiro atoms. The molecule has 9 heteroatoms. The van der Waals surface area contributed by atoms with Crippen molar-refractivity contribution in [1.82, 2.24) is 0 Å². The number of para-hydroxylation sites is 1. The van der Waals surface area contributed by atoms with Gasteiger partial charge in [-0.25, -0.2) is 4.79 Å². The first kappa shape index (κ1) is 21.7. The Bertz CT molecular complexity index is 797. The number of carbonyl (C=O) groups excluding carboxylic acids is 1. The quantitative estimate of drug-likeness (QED) is 0.194. The van der Waals surface area contributed by atoms with Gasteiger partial charge in [0.1, 0.15) is 12.5 Å². The first-order chi connectivity index (χ1) is 13.5. The van der Waals surface area contributed by atoms with Crippen LogP contribution in [0, 0.1) is 10.1 Å². The van der Waals surface area contributed by atoms with E-state index < -0.39 is 22.2 Å². The van der Waals surface area contributed by atoms with Crippen LogP contribution >= 0.6 is 11.8 Å². The number of ether oxygens (including phenoxy) is 4. The third-order valence-corrected chi connectivity index (χ3v) is 5.21. The van der Waals surface area contributed by atoms with Gasteiger partial charge in [0.15, 0.2) is 6.10 Å². The van der Waals surface area contributed by atoms with Crippen molar-refractivity contribution < 1.29 is 28.7 Å². The largest absolute Gasteiger partial charge is 0.497 e. The van der Waals surface area contributed by atoms with E-state index in [-0.39, 0.29) is 12.5 Å². The van der Waals surface area contributed by atoms with Gasteiger partial charge >= 0.3 is 5.97 Å². The van der Waals surface area contributed by atoms with Gasteiger partial charge in [0, 0.05) is 13.2 Å². The van der Waals surface area contributed by atoms with Gasteiger partial charge in [-0.05, 0) is 23.8 Å². The Morgan fingerprint density at radius 1 is 1.11 bits per heavy atom. The topological polar surface area (TPSA) is 97.1 Å². The standard InChI is InChI=1S/C19H21NO7S/c1-24-12-27-17(19(21)26-3)18(13-8-10-14(25-2)11-9-13)28-16-7-5-4-6-15(16)20(22)23/h4-11,17-18H,12H2,1-3H3/t17-,18+/m1/s1. The Labute approximate surface area is 166 Å². The highest BCUT2D eigenvalue weighted by molar-refractivity contribution is 7.99. The molecule has 150 valence electrons. The number of nitro benzene ring substituents is 1. The summed E-state index contributed by atoms with van der Waals surface area (Å²) in [5.74, 6) is 0.0366. The van der Waals surface area contributed by atoms with E-state index >= 15 is 0 Å². The molecular weight excluding hydrogens is 386 g/mol. The molecule has 0 aliphatic rings. The fourth-order valence-corrected chi connectivity index (χ4v) is 3.78. The Hall–Kier alpha value is -2.62. The van der Waals surface area contributed by atoms with Gasteiger partial charge in [-0.3, -0.25) is 10.1 Å². The molecule has 2 aromatic rings. The van der Waals surface area contributed by atoms with Gasteiger partial charge in [0.05, 0.1) is 29.3 Å². The van der Waals surface area contributed by atoms with Gasteiger partial charge < -0.3 is 18.9 Å². The highest BCUT2D eigenvalue weighted by Crippen LogP contribution is 2.43. The van der Waals surface area contributed by atoms with Crippen molar-refractivity contribution >= 4 is 23.4 Å². The fraction of sp³-hybridized carbons (Fsp3) is 0.316. The maximum absolute atomic E-state index is 12.4. The first-order valence-electron chi connectivity index (χ1n) is 8.24. The highest BCUT2D eigenvalue weighted by atomic mass is 32.2. The number of hydrogen-bond donors (Lipinski definition) is 0. The molecule has 0 aliphatic heterocycles. The summed E-state index contributed by atoms with van der Waals surface area (Å²) < 4.78 is 20.6. The summed E-state index contributed by atoms with van der Waals surface area (Å²) in [6, 6.07) is 13.4. The van der Waals surface area contributed by atoms with E-state index in [0.29, 0.717) is 10.6 Å². The minimum Gasteiger partial charge on any atom is -0.497 e. The molecule has 0 amide bonds. The van der Waals surface area contributed by atoms with Crippen molar-refractivity contribution in [3.05, 3.63) is 64.2 Å². The molecule has 8 nitrogen and oxygen atoms in total. The molecule has 0 heterocycles. The van der Waals surface area contributed by atoms with Crippen LogP contribution in [0.3, 0.4) is 0 Å². The van der Waals surface area contributed by atoms with Crippen LogP contribution < -0.4 is 4.74 Å². The summed E-state index contributed by atoms with van der Waals surface area (Å²) >= 11 is 1.15. The van der Waals surface area contributed by atoms with Crippen LogP contribution in [-0.4, -0.2) is 45.1 Å². The summed E-state index contributed by atoms with van der Waals surface area (Å²) in [4.78, 5) is 23.7. The molecule has 2 atom stereocenters. The second-order valence-electron chi connectivity index (χ2n) is 5.55. The second kappa shape index (κ2) is 10.6. The Morgan fingerprint density at radius 3 is 2.36 bits per heavy atom. The number of nitro groups is 1. The lowest BCUT2D eigenvalue weighted by Crippen LogP contribution is -2.31. The van der Waals surface area contributed by atoms with E-state index in [1.165, 1.54) is 20.3 Å². The lowest BCUT2D eigenvalue weighted by molar-refractivity contribution is -0.387. The number of hydrogen-bond acceptors (Lipinski definition) is 8. The molecular formula is C19H21NO7S. The van der Waals surface area contributed by atoms with Crippen molar-refractivity contribution in [2.45, 2.75) is 16.2 Å². The zero-order chi connectivity index (χ0) is 20.5. The normalized spacial score (nSPS) is 12.8. The summed E-state index contributed by atoms with van der Waals surface area (Å²) in [5, 5.41) is 10.8. The predicted molar refractivity (Wildman–Crippen MR) is 103 cm³/mol. The molecule has 0 aliphatic carbocycles. The number of rotatable bonds is 10. The Morgan fingerprint density at radius 2 is 1.79 bits per heavy atom. The average Bonchev–Trinajstić information content (AvgIpc) is 2.73. The van der Waals surface area contributed by atoms with E-state index in [2.05, 4.69) is 0 Å². The summed E-state index contributed by atoms with van der Waals surface area (Å²) in [6.45, 7) is -0.135. The molecule has 0 saturated heterocycles. The minimum absolute atomic E-state index is 0.0543. The molecule has 2 rings (SSSR count). The molecule has 2 aromatic carbocycles. The average molecular weight is 407 g/mol. The van der Waals surface area contributed by atoms with Crippen molar-refractivity contribution in [1.29, 1.82) is 0 Å². The maximum atomic E-state index is 12.4. The molecule has 0 fully saturated rings. The van der Waals surface area contributed by atoms with Crippen molar-refractivity contribution in [2.75, 3.05) is 28.1 Å². The number of carbonyl (C=O) groups is 1. The Kier molecular flexibility index (Phi) is 8.24. The SMILES string of the molecule is COCO[C@@H](C(=O)OC)[C@@H](Sc1ccccc1[N+](=O)[O-])c1ccc(OC)cc1. The van der Waals surface area contributed by atoms with Gasteiger partial charge in [0.25, 0.3) is 5.69 Å². The van der Waals surface area contributed by atoms with Crippen LogP contribution in [0.2, 0.25) is 0 Å². The fourth-order valence-electron chi connectivity index (χ4n) is 2.48. The van der Waals surface area contributed by atoms with E-state index in [1.807, 2.05) is 0 Å². The van der Waals surface area contributed by atoms with Crippen LogP contribution in [0.1, 0.15) is 10.8 Å². The molecule has 0 aromatic heterocycles. The smallest absolute Gasteiger partial charge is 0.336 e. The van der Waals surface area contributed by atoms with E-state index in [0.717, 1.165) is 17.3 Å². The van der Waals surface area contributed by atoms with Crippen molar-refractivity contribution in [3.8, 4) is 5.75 Å². The predicted octanol–water partition coefficient (Wildman–Crippen LogP) is 3.60. The van der Waals surface area contributed by atoms with E-state index in [4.69, 9.17) is 18.9 Å². The lowest BCUT2D eigenvalue weighted by atomic mass is 10.1. The Balaban J connectivity index is 2.47. The van der Waals surface area contributed by atoms with Crippen LogP contribution in [0.4, 0.5) is 5.69 Å². The van der Waals surface area contributed by atoms with Gasteiger partial charge in [-0.1, -0.05) is 24.3 Å². The monoisotopic (exact) mass is 407 g/mol. The molecule has 0 bridgehead atoms. The van der Waals surface area contributed by atoms with Gasteiger partial charge in [-0.15, -0.1) is 11.8 Å². The van der Waals surface area contributed by atoms with Crippen molar-refractivity contribution in [3.63, 3.8) is 0 Å². The van der Waals surface area contributed by atoms with Crippen LogP contribution in [0.15, 0.2) is 53.4 Å². The van der Waals surface area contributed by atoms with Crippen LogP contribution in [0.25, 0.3) is 0 Å². The van der Waals surface area contributed by atoms with Crippen LogP contribution in [0.5, 0.6) is 5.75 Å². The third kappa shape index (κ3) is 5.44.